The van der Waals surface area contributed by atoms with Gasteiger partial charge in [0.25, 0.3) is 10.0 Å². The Morgan fingerprint density at radius 1 is 1.19 bits per heavy atom. The Kier molecular flexibility index (Phi) is 3.13. The molecule has 0 aliphatic heterocycles. The van der Waals surface area contributed by atoms with Crippen LogP contribution in [0.4, 0.5) is 10.1 Å². The molecular weight excluding hydrogens is 295 g/mol. The SMILES string of the molecule is Cc1nc2ccc(S(=O)(=O)Nc3cccc(F)c3)cc2o1. The maximum Gasteiger partial charge on any atom is 0.262 e. The summed E-state index contributed by atoms with van der Waals surface area (Å²) >= 11 is 0. The number of hydrogen-bond donors (Lipinski definition) is 1. The molecule has 0 radical (unpaired) electrons. The van der Waals surface area contributed by atoms with Crippen LogP contribution in [0.5, 0.6) is 0 Å². The Balaban J connectivity index is 1.99. The Morgan fingerprint density at radius 2 is 2.00 bits per heavy atom. The summed E-state index contributed by atoms with van der Waals surface area (Å²) in [6, 6.07) is 9.61. The lowest BCUT2D eigenvalue weighted by Gasteiger charge is -2.07. The number of hydrogen-bond acceptors (Lipinski definition) is 4. The van der Waals surface area contributed by atoms with Crippen molar-refractivity contribution in [2.45, 2.75) is 11.8 Å². The number of aryl methyl sites for hydroxylation is 1. The van der Waals surface area contributed by atoms with Gasteiger partial charge in [0.2, 0.25) is 0 Å². The molecule has 108 valence electrons. The van der Waals surface area contributed by atoms with Crippen LogP contribution in [0.15, 0.2) is 51.8 Å². The average Bonchev–Trinajstić information content (AvgIpc) is 2.77. The van der Waals surface area contributed by atoms with E-state index in [1.165, 1.54) is 30.3 Å². The summed E-state index contributed by atoms with van der Waals surface area (Å²) in [6.07, 6.45) is 0. The van der Waals surface area contributed by atoms with Gasteiger partial charge >= 0.3 is 0 Å². The number of fused-ring (bicyclic) bond motifs is 1. The minimum Gasteiger partial charge on any atom is -0.441 e. The highest BCUT2D eigenvalue weighted by Crippen LogP contribution is 2.22. The van der Waals surface area contributed by atoms with E-state index in [0.717, 1.165) is 6.07 Å². The van der Waals surface area contributed by atoms with E-state index in [1.807, 2.05) is 0 Å². The second-order valence-corrected chi connectivity index (χ2v) is 6.16. The van der Waals surface area contributed by atoms with E-state index in [4.69, 9.17) is 4.42 Å². The van der Waals surface area contributed by atoms with Gasteiger partial charge < -0.3 is 4.42 Å². The van der Waals surface area contributed by atoms with Crippen LogP contribution in [0.3, 0.4) is 0 Å². The van der Waals surface area contributed by atoms with Crippen LogP contribution in [0, 0.1) is 12.7 Å². The Bertz CT molecular complexity index is 919. The lowest BCUT2D eigenvalue weighted by molar-refractivity contribution is 0.559. The lowest BCUT2D eigenvalue weighted by Crippen LogP contribution is -2.12. The summed E-state index contributed by atoms with van der Waals surface area (Å²) in [7, 11) is -3.82. The third-order valence-electron chi connectivity index (χ3n) is 2.85. The molecule has 1 aromatic heterocycles. The molecule has 2 aromatic carbocycles. The third-order valence-corrected chi connectivity index (χ3v) is 4.23. The summed E-state index contributed by atoms with van der Waals surface area (Å²) in [5.41, 5.74) is 1.12. The number of aromatic nitrogens is 1. The molecule has 0 fully saturated rings. The molecule has 1 N–H and O–H groups in total. The first-order valence-corrected chi connectivity index (χ1v) is 7.58. The van der Waals surface area contributed by atoms with Crippen LogP contribution in [-0.2, 0) is 10.0 Å². The first-order valence-electron chi connectivity index (χ1n) is 6.10. The van der Waals surface area contributed by atoms with E-state index in [0.29, 0.717) is 17.0 Å². The second kappa shape index (κ2) is 4.85. The summed E-state index contributed by atoms with van der Waals surface area (Å²) < 4.78 is 45.3. The van der Waals surface area contributed by atoms with E-state index in [1.54, 1.807) is 13.0 Å². The van der Waals surface area contributed by atoms with Gasteiger partial charge in [0, 0.05) is 13.0 Å². The van der Waals surface area contributed by atoms with Gasteiger partial charge in [-0.1, -0.05) is 6.07 Å². The molecule has 0 unspecified atom stereocenters. The summed E-state index contributed by atoms with van der Waals surface area (Å²) in [4.78, 5) is 4.12. The number of nitrogens with one attached hydrogen (secondary N) is 1. The van der Waals surface area contributed by atoms with Crippen molar-refractivity contribution in [2.75, 3.05) is 4.72 Å². The van der Waals surface area contributed by atoms with Gasteiger partial charge in [-0.3, -0.25) is 4.72 Å². The van der Waals surface area contributed by atoms with Crippen LogP contribution >= 0.6 is 0 Å². The molecule has 0 bridgehead atoms. The Hall–Kier alpha value is -2.41. The topological polar surface area (TPSA) is 72.2 Å². The van der Waals surface area contributed by atoms with E-state index < -0.39 is 15.8 Å². The molecule has 0 saturated carbocycles. The zero-order valence-corrected chi connectivity index (χ0v) is 11.8. The molecule has 5 nitrogen and oxygen atoms in total. The molecule has 0 spiro atoms. The van der Waals surface area contributed by atoms with Crippen LogP contribution < -0.4 is 4.72 Å². The van der Waals surface area contributed by atoms with Crippen molar-refractivity contribution in [1.29, 1.82) is 0 Å². The number of benzene rings is 2. The standard InChI is InChI=1S/C14H11FN2O3S/c1-9-16-13-6-5-12(8-14(13)20-9)21(18,19)17-11-4-2-3-10(15)7-11/h2-8,17H,1H3. The fourth-order valence-corrected chi connectivity index (χ4v) is 3.02. The van der Waals surface area contributed by atoms with E-state index in [9.17, 15) is 12.8 Å². The van der Waals surface area contributed by atoms with Crippen LogP contribution in [0.2, 0.25) is 0 Å². The van der Waals surface area contributed by atoms with Crippen molar-refractivity contribution in [3.63, 3.8) is 0 Å². The number of halogens is 1. The van der Waals surface area contributed by atoms with E-state index >= 15 is 0 Å². The van der Waals surface area contributed by atoms with Crippen molar-refractivity contribution in [2.24, 2.45) is 0 Å². The zero-order valence-electron chi connectivity index (χ0n) is 11.0. The molecular formula is C14H11FN2O3S. The van der Waals surface area contributed by atoms with Gasteiger partial charge in [0.05, 0.1) is 10.6 Å². The van der Waals surface area contributed by atoms with Crippen molar-refractivity contribution >= 4 is 26.8 Å². The number of anilines is 1. The first-order chi connectivity index (χ1) is 9.94. The van der Waals surface area contributed by atoms with Crippen LogP contribution in [-0.4, -0.2) is 13.4 Å². The van der Waals surface area contributed by atoms with Crippen molar-refractivity contribution < 1.29 is 17.2 Å². The molecule has 0 atom stereocenters. The van der Waals surface area contributed by atoms with Crippen LogP contribution in [0.1, 0.15) is 5.89 Å². The van der Waals surface area contributed by atoms with Crippen molar-refractivity contribution in [3.8, 4) is 0 Å². The molecule has 0 aliphatic rings. The largest absolute Gasteiger partial charge is 0.441 e. The summed E-state index contributed by atoms with van der Waals surface area (Å²) in [5, 5.41) is 0. The minimum atomic E-state index is -3.82. The molecule has 0 aliphatic carbocycles. The number of oxazole rings is 1. The van der Waals surface area contributed by atoms with E-state index in [2.05, 4.69) is 9.71 Å². The van der Waals surface area contributed by atoms with Gasteiger partial charge in [-0.05, 0) is 30.3 Å². The predicted octanol–water partition coefficient (Wildman–Crippen LogP) is 3.08. The highest BCUT2D eigenvalue weighted by molar-refractivity contribution is 7.92. The van der Waals surface area contributed by atoms with Crippen molar-refractivity contribution in [3.05, 3.63) is 54.2 Å². The fourth-order valence-electron chi connectivity index (χ4n) is 1.95. The maximum absolute atomic E-state index is 13.1. The predicted molar refractivity (Wildman–Crippen MR) is 76.0 cm³/mol. The Morgan fingerprint density at radius 3 is 2.76 bits per heavy atom. The summed E-state index contributed by atoms with van der Waals surface area (Å²) in [5.74, 6) is -0.0610. The number of nitrogens with zero attached hydrogens (tertiary/aromatic N) is 1. The molecule has 7 heteroatoms. The van der Waals surface area contributed by atoms with Gasteiger partial charge in [0.15, 0.2) is 11.5 Å². The normalized spacial score (nSPS) is 11.7. The molecule has 21 heavy (non-hydrogen) atoms. The number of sulfonamides is 1. The third kappa shape index (κ3) is 2.73. The zero-order chi connectivity index (χ0) is 15.0. The minimum absolute atomic E-state index is 0.0235. The highest BCUT2D eigenvalue weighted by Gasteiger charge is 2.16. The monoisotopic (exact) mass is 306 g/mol. The first kappa shape index (κ1) is 13.6. The quantitative estimate of drug-likeness (QED) is 0.807. The van der Waals surface area contributed by atoms with Crippen LogP contribution in [0.25, 0.3) is 11.1 Å². The van der Waals surface area contributed by atoms with Gasteiger partial charge in [-0.25, -0.2) is 17.8 Å². The van der Waals surface area contributed by atoms with Gasteiger partial charge in [-0.2, -0.15) is 0 Å². The summed E-state index contributed by atoms with van der Waals surface area (Å²) in [6.45, 7) is 1.68. The molecule has 0 saturated heterocycles. The van der Waals surface area contributed by atoms with Crippen molar-refractivity contribution in [1.82, 2.24) is 4.98 Å². The molecule has 1 heterocycles. The van der Waals surface area contributed by atoms with Gasteiger partial charge in [-0.15, -0.1) is 0 Å². The average molecular weight is 306 g/mol. The second-order valence-electron chi connectivity index (χ2n) is 4.48. The van der Waals surface area contributed by atoms with E-state index in [-0.39, 0.29) is 10.6 Å². The molecule has 0 amide bonds. The molecule has 3 aromatic rings. The smallest absolute Gasteiger partial charge is 0.262 e. The lowest BCUT2D eigenvalue weighted by atomic mass is 10.3. The molecule has 3 rings (SSSR count). The fraction of sp³-hybridized carbons (Fsp3) is 0.0714. The highest BCUT2D eigenvalue weighted by atomic mass is 32.2. The Labute approximate surface area is 120 Å². The maximum atomic E-state index is 13.1. The van der Waals surface area contributed by atoms with Gasteiger partial charge in [0.1, 0.15) is 11.3 Å². The number of rotatable bonds is 3.